The van der Waals surface area contributed by atoms with E-state index in [1.165, 1.54) is 19.3 Å². The Morgan fingerprint density at radius 1 is 1.11 bits per heavy atom. The van der Waals surface area contributed by atoms with Crippen LogP contribution in [-0.2, 0) is 18.4 Å². The van der Waals surface area contributed by atoms with Gasteiger partial charge in [-0.3, -0.25) is 9.36 Å². The molecule has 0 atom stereocenters. The molecule has 0 saturated heterocycles. The predicted octanol–water partition coefficient (Wildman–Crippen LogP) is 3.79. The average molecular weight is 276 g/mol. The van der Waals surface area contributed by atoms with Gasteiger partial charge in [-0.15, -0.1) is 0 Å². The van der Waals surface area contributed by atoms with E-state index in [-0.39, 0.29) is 11.9 Å². The van der Waals surface area contributed by atoms with Crippen LogP contribution in [0.25, 0.3) is 0 Å². The van der Waals surface area contributed by atoms with E-state index in [1.807, 2.05) is 0 Å². The quantitative estimate of drug-likeness (QED) is 0.633. The molecule has 1 saturated carbocycles. The molecule has 0 N–H and O–H groups in total. The summed E-state index contributed by atoms with van der Waals surface area (Å²) >= 11 is 0. The van der Waals surface area contributed by atoms with Crippen LogP contribution in [0.15, 0.2) is 0 Å². The van der Waals surface area contributed by atoms with Crippen molar-refractivity contribution in [2.75, 3.05) is 19.4 Å². The van der Waals surface area contributed by atoms with E-state index in [9.17, 15) is 9.36 Å². The van der Waals surface area contributed by atoms with E-state index in [2.05, 4.69) is 0 Å². The van der Waals surface area contributed by atoms with Crippen molar-refractivity contribution in [3.05, 3.63) is 0 Å². The summed E-state index contributed by atoms with van der Waals surface area (Å²) in [7, 11) is -3.19. The number of carbonyl (C=O) groups excluding carboxylic acids is 1. The Labute approximate surface area is 110 Å². The first-order valence-corrected chi connectivity index (χ1v) is 8.72. The van der Waals surface area contributed by atoms with Gasteiger partial charge in [0.1, 0.15) is 11.9 Å². The van der Waals surface area contributed by atoms with E-state index in [1.54, 1.807) is 13.8 Å². The van der Waals surface area contributed by atoms with Crippen molar-refractivity contribution in [2.45, 2.75) is 52.4 Å². The Bertz CT molecular complexity index is 287. The number of ketones is 1. The van der Waals surface area contributed by atoms with Crippen molar-refractivity contribution in [3.8, 4) is 0 Å². The van der Waals surface area contributed by atoms with Crippen molar-refractivity contribution in [3.63, 3.8) is 0 Å². The van der Waals surface area contributed by atoms with Crippen LogP contribution in [-0.4, -0.2) is 25.2 Å². The lowest BCUT2D eigenvalue weighted by Gasteiger charge is -2.22. The van der Waals surface area contributed by atoms with Crippen molar-refractivity contribution in [2.24, 2.45) is 5.92 Å². The Hall–Kier alpha value is -0.180. The second kappa shape index (κ2) is 8.08. The van der Waals surface area contributed by atoms with Crippen LogP contribution in [0, 0.1) is 5.92 Å². The Balaban J connectivity index is 2.42. The third-order valence-electron chi connectivity index (χ3n) is 3.26. The normalized spacial score (nSPS) is 17.9. The molecule has 18 heavy (non-hydrogen) atoms. The first-order valence-electron chi connectivity index (χ1n) is 6.99. The lowest BCUT2D eigenvalue weighted by Crippen LogP contribution is -2.16. The van der Waals surface area contributed by atoms with E-state index >= 15 is 0 Å². The molecule has 0 aliphatic heterocycles. The van der Waals surface area contributed by atoms with Gasteiger partial charge >= 0.3 is 7.60 Å². The summed E-state index contributed by atoms with van der Waals surface area (Å²) in [6, 6.07) is 0. The molecule has 4 nitrogen and oxygen atoms in total. The molecule has 106 valence electrons. The number of carbonyl (C=O) groups is 1. The molecule has 1 rings (SSSR count). The van der Waals surface area contributed by atoms with Gasteiger partial charge in [0.15, 0.2) is 0 Å². The SMILES string of the molecule is CCOP(=O)(CC(=O)CC1CCCCC1)OCC. The molecule has 5 heteroatoms. The van der Waals surface area contributed by atoms with Crippen molar-refractivity contribution < 1.29 is 18.4 Å². The Morgan fingerprint density at radius 2 is 1.67 bits per heavy atom. The minimum atomic E-state index is -3.19. The molecule has 0 amide bonds. The maximum Gasteiger partial charge on any atom is 0.338 e. The smallest absolute Gasteiger partial charge is 0.309 e. The average Bonchev–Trinajstić information content (AvgIpc) is 2.30. The second-order valence-electron chi connectivity index (χ2n) is 4.85. The number of rotatable bonds is 8. The van der Waals surface area contributed by atoms with Gasteiger partial charge in [0, 0.05) is 6.42 Å². The van der Waals surface area contributed by atoms with Crippen LogP contribution in [0.1, 0.15) is 52.4 Å². The van der Waals surface area contributed by atoms with Gasteiger partial charge in [-0.05, 0) is 19.8 Å². The summed E-state index contributed by atoms with van der Waals surface area (Å²) in [6.45, 7) is 4.15. The van der Waals surface area contributed by atoms with E-state index in [0.29, 0.717) is 25.6 Å². The molecule has 0 unspecified atom stereocenters. The zero-order valence-corrected chi connectivity index (χ0v) is 12.4. The highest BCUT2D eigenvalue weighted by Crippen LogP contribution is 2.48. The molecule has 0 spiro atoms. The van der Waals surface area contributed by atoms with Crippen LogP contribution in [0.2, 0.25) is 0 Å². The molecule has 0 radical (unpaired) electrons. The largest absolute Gasteiger partial charge is 0.338 e. The summed E-state index contributed by atoms with van der Waals surface area (Å²) in [5, 5.41) is 0. The standard InChI is InChI=1S/C13H25O4P/c1-3-16-18(15,17-4-2)11-13(14)10-12-8-6-5-7-9-12/h12H,3-11H2,1-2H3. The third-order valence-corrected chi connectivity index (χ3v) is 5.31. The predicted molar refractivity (Wildman–Crippen MR) is 71.9 cm³/mol. The highest BCUT2D eigenvalue weighted by Gasteiger charge is 2.28. The van der Waals surface area contributed by atoms with Crippen molar-refractivity contribution in [1.29, 1.82) is 0 Å². The molecular formula is C13H25O4P. The summed E-state index contributed by atoms with van der Waals surface area (Å²) < 4.78 is 22.5. The fraction of sp³-hybridized carbons (Fsp3) is 0.923. The summed E-state index contributed by atoms with van der Waals surface area (Å²) in [5.74, 6) is 0.495. The number of Topliss-reactive ketones (excluding diaryl/α,β-unsaturated/α-hetero) is 1. The van der Waals surface area contributed by atoms with E-state index in [4.69, 9.17) is 9.05 Å². The van der Waals surface area contributed by atoms with Crippen LogP contribution < -0.4 is 0 Å². The van der Waals surface area contributed by atoms with Crippen molar-refractivity contribution in [1.82, 2.24) is 0 Å². The van der Waals surface area contributed by atoms with Crippen LogP contribution >= 0.6 is 7.60 Å². The summed E-state index contributed by atoms with van der Waals surface area (Å²) in [4.78, 5) is 11.9. The summed E-state index contributed by atoms with van der Waals surface area (Å²) in [6.07, 6.45) is 6.42. The fourth-order valence-corrected chi connectivity index (χ4v) is 4.12. The van der Waals surface area contributed by atoms with Crippen LogP contribution in [0.3, 0.4) is 0 Å². The molecule has 0 aromatic carbocycles. The molecule has 1 aliphatic rings. The van der Waals surface area contributed by atoms with Gasteiger partial charge in [0.25, 0.3) is 0 Å². The van der Waals surface area contributed by atoms with Crippen LogP contribution in [0.4, 0.5) is 0 Å². The molecule has 0 aromatic heterocycles. The van der Waals surface area contributed by atoms with Gasteiger partial charge in [-0.1, -0.05) is 32.1 Å². The van der Waals surface area contributed by atoms with E-state index < -0.39 is 7.60 Å². The van der Waals surface area contributed by atoms with E-state index in [0.717, 1.165) is 12.8 Å². The first kappa shape index (κ1) is 15.9. The fourth-order valence-electron chi connectivity index (χ4n) is 2.52. The monoisotopic (exact) mass is 276 g/mol. The lowest BCUT2D eigenvalue weighted by atomic mass is 9.86. The molecule has 1 aliphatic carbocycles. The van der Waals surface area contributed by atoms with Gasteiger partial charge in [0.05, 0.1) is 13.2 Å². The molecule has 0 bridgehead atoms. The second-order valence-corrected chi connectivity index (χ2v) is 6.91. The Kier molecular flexibility index (Phi) is 7.13. The number of hydrogen-bond acceptors (Lipinski definition) is 4. The molecule has 1 fully saturated rings. The van der Waals surface area contributed by atoms with Gasteiger partial charge in [-0.2, -0.15) is 0 Å². The van der Waals surface area contributed by atoms with Gasteiger partial charge in [-0.25, -0.2) is 0 Å². The summed E-state index contributed by atoms with van der Waals surface area (Å²) in [5.41, 5.74) is 0. The van der Waals surface area contributed by atoms with Gasteiger partial charge < -0.3 is 9.05 Å². The highest BCUT2D eigenvalue weighted by atomic mass is 31.2. The lowest BCUT2D eigenvalue weighted by molar-refractivity contribution is -0.118. The third kappa shape index (κ3) is 5.64. The maximum absolute atomic E-state index is 12.2. The maximum atomic E-state index is 12.2. The molecular weight excluding hydrogens is 251 g/mol. The minimum absolute atomic E-state index is 0.0205. The minimum Gasteiger partial charge on any atom is -0.309 e. The first-order chi connectivity index (χ1) is 8.59. The topological polar surface area (TPSA) is 52.6 Å². The molecule has 0 aromatic rings. The zero-order chi connectivity index (χ0) is 13.4. The van der Waals surface area contributed by atoms with Crippen molar-refractivity contribution >= 4 is 13.4 Å². The van der Waals surface area contributed by atoms with Crippen LogP contribution in [0.5, 0.6) is 0 Å². The zero-order valence-electron chi connectivity index (χ0n) is 11.5. The number of hydrogen-bond donors (Lipinski definition) is 0. The van der Waals surface area contributed by atoms with Gasteiger partial charge in [0.2, 0.25) is 0 Å². The molecule has 0 heterocycles. The highest BCUT2D eigenvalue weighted by molar-refractivity contribution is 7.54. The Morgan fingerprint density at radius 3 is 2.17 bits per heavy atom.